The Balaban J connectivity index is 1.17. The molecule has 1 unspecified atom stereocenters. The summed E-state index contributed by atoms with van der Waals surface area (Å²) in [6, 6.07) is -0.944. The van der Waals surface area contributed by atoms with E-state index in [2.05, 4.69) is 40.5 Å². The third kappa shape index (κ3) is 8.50. The largest absolute Gasteiger partial charge is 0.448 e. The number of hydrogen-bond donors (Lipinski definition) is 4. The highest BCUT2D eigenvalue weighted by Crippen LogP contribution is 2.68. The Hall–Kier alpha value is -3.02. The Morgan fingerprint density at radius 3 is 2.49 bits per heavy atom. The first-order valence-electron chi connectivity index (χ1n) is 17.0. The molecule has 4 aromatic heterocycles. The molecule has 1 saturated carbocycles. The third-order valence-corrected chi connectivity index (χ3v) is 15.1. The Morgan fingerprint density at radius 2 is 1.75 bits per heavy atom. The number of imidazole rings is 2. The van der Waals surface area contributed by atoms with Crippen LogP contribution in [-0.2, 0) is 43.9 Å². The Morgan fingerprint density at radius 1 is 1.04 bits per heavy atom. The fourth-order valence-electron chi connectivity index (χ4n) is 6.53. The molecule has 6 heterocycles. The maximum Gasteiger partial charge on any atom is 0.412 e. The van der Waals surface area contributed by atoms with E-state index in [1.807, 2.05) is 0 Å². The van der Waals surface area contributed by atoms with Crippen LogP contribution in [-0.4, -0.2) is 119 Å². The number of anilines is 2. The summed E-state index contributed by atoms with van der Waals surface area (Å²) in [6.45, 7) is -3.71. The molecule has 26 heteroatoms. The summed E-state index contributed by atoms with van der Waals surface area (Å²) in [6.07, 6.45) is -5.51. The molecule has 0 spiro atoms. The number of fused-ring (bicyclic) bond motifs is 4. The first kappa shape index (κ1) is 40.2. The van der Waals surface area contributed by atoms with Crippen LogP contribution in [0, 0.1) is 5.92 Å². The van der Waals surface area contributed by atoms with Gasteiger partial charge in [0.05, 0.1) is 31.9 Å². The van der Waals surface area contributed by atoms with Gasteiger partial charge in [-0.15, -0.1) is 0 Å². The molecular weight excluding hydrogens is 810 g/mol. The van der Waals surface area contributed by atoms with E-state index < -0.39 is 86.4 Å². The van der Waals surface area contributed by atoms with Gasteiger partial charge in [-0.2, -0.15) is 0 Å². The molecule has 1 aliphatic carbocycles. The molecule has 4 aromatic rings. The zero-order valence-corrected chi connectivity index (χ0v) is 33.2. The number of likely N-dealkylation sites (N-methyl/N-ethyl adjacent to an activating group) is 1. The molecule has 10 atom stereocenters. The highest BCUT2D eigenvalue weighted by Gasteiger charge is 2.54. The first-order valence-corrected chi connectivity index (χ1v) is 22.5. The molecule has 300 valence electrons. The zero-order chi connectivity index (χ0) is 39.3. The molecule has 5 N–H and O–H groups in total. The van der Waals surface area contributed by atoms with Crippen LogP contribution in [0.4, 0.5) is 25.2 Å². The number of rotatable bonds is 7. The van der Waals surface area contributed by atoms with Gasteiger partial charge in [0.2, 0.25) is 0 Å². The number of alkyl halides is 2. The van der Waals surface area contributed by atoms with E-state index in [-0.39, 0.29) is 47.0 Å². The topological polar surface area (TPSA) is 247 Å². The van der Waals surface area contributed by atoms with E-state index in [0.29, 0.717) is 6.54 Å². The molecule has 20 nitrogen and oxygen atoms in total. The van der Waals surface area contributed by atoms with Crippen molar-refractivity contribution in [3.63, 3.8) is 0 Å². The standard InChI is InChI=1S/C29H39F2N11O9P2S2/c1-29(2,3)55-53(45)48-9-16-22(18(31)27(49-16)42-13-39-20-24(35-11-37-26(20)42)40-28(43)46-6-5-33-4)50-52(44,54)47-8-14-7-15(17(30)21(14)51-53)41-12-38-19-23(32)34-10-36-25(19)41/h10-18,21-22,27,33H,5-9H2,1-4H3,(H,44,54)(H2,32,34,36)(H,35,37,40,43)/t14-,15-,16-,17+,18-,21-,22-,27-,52?,53-/m1/s1. The fraction of sp³-hybridized carbons (Fsp3) is 0.621. The van der Waals surface area contributed by atoms with E-state index in [1.54, 1.807) is 27.8 Å². The normalized spacial score (nSPS) is 33.1. The number of halogens is 2. The lowest BCUT2D eigenvalue weighted by molar-refractivity contribution is -0.0461. The molecule has 2 aliphatic heterocycles. The second-order valence-electron chi connectivity index (χ2n) is 13.9. The minimum atomic E-state index is -4.29. The van der Waals surface area contributed by atoms with Gasteiger partial charge in [-0.1, -0.05) is 20.8 Å². The summed E-state index contributed by atoms with van der Waals surface area (Å²) < 4.78 is 84.7. The number of aromatic nitrogens is 8. The van der Waals surface area contributed by atoms with Crippen LogP contribution in [0.15, 0.2) is 25.3 Å². The molecule has 0 aromatic carbocycles. The monoisotopic (exact) mass is 849 g/mol. The first-order chi connectivity index (χ1) is 26.1. The maximum atomic E-state index is 16.7. The van der Waals surface area contributed by atoms with Crippen molar-refractivity contribution in [3.05, 3.63) is 25.3 Å². The van der Waals surface area contributed by atoms with Gasteiger partial charge in [0.25, 0.3) is 0 Å². The van der Waals surface area contributed by atoms with Crippen molar-refractivity contribution in [3.8, 4) is 0 Å². The fourth-order valence-corrected chi connectivity index (χ4v) is 12.5. The van der Waals surface area contributed by atoms with Crippen molar-refractivity contribution < 1.29 is 50.6 Å². The minimum absolute atomic E-state index is 0.00757. The highest BCUT2D eigenvalue weighted by atomic mass is 32.7. The van der Waals surface area contributed by atoms with Crippen LogP contribution in [0.1, 0.15) is 39.5 Å². The predicted octanol–water partition coefficient (Wildman–Crippen LogP) is 3.82. The van der Waals surface area contributed by atoms with Gasteiger partial charge >= 0.3 is 19.6 Å². The number of amides is 1. The van der Waals surface area contributed by atoms with Crippen molar-refractivity contribution in [1.29, 1.82) is 0 Å². The average Bonchev–Trinajstić information content (AvgIpc) is 3.87. The number of nitrogens with one attached hydrogen (secondary N) is 2. The predicted molar refractivity (Wildman–Crippen MR) is 198 cm³/mol. The minimum Gasteiger partial charge on any atom is -0.448 e. The number of ether oxygens (including phenoxy) is 2. The van der Waals surface area contributed by atoms with Crippen molar-refractivity contribution in [1.82, 2.24) is 44.4 Å². The van der Waals surface area contributed by atoms with Crippen molar-refractivity contribution >= 4 is 76.8 Å². The van der Waals surface area contributed by atoms with Crippen LogP contribution in [0.5, 0.6) is 0 Å². The van der Waals surface area contributed by atoms with Crippen LogP contribution in [0.2, 0.25) is 0 Å². The lowest BCUT2D eigenvalue weighted by Gasteiger charge is -2.32. The van der Waals surface area contributed by atoms with E-state index >= 15 is 8.78 Å². The van der Waals surface area contributed by atoms with Gasteiger partial charge in [-0.3, -0.25) is 23.5 Å². The summed E-state index contributed by atoms with van der Waals surface area (Å²) in [5, 5.41) is 5.34. The smallest absolute Gasteiger partial charge is 0.412 e. The van der Waals surface area contributed by atoms with Gasteiger partial charge in [-0.25, -0.2) is 48.0 Å². The number of nitrogen functional groups attached to an aromatic ring is 1. The van der Waals surface area contributed by atoms with Crippen molar-refractivity contribution in [2.24, 2.45) is 5.92 Å². The molecule has 3 aliphatic rings. The average molecular weight is 850 g/mol. The number of carbonyl (C=O) groups is 1. The summed E-state index contributed by atoms with van der Waals surface area (Å²) in [4.78, 5) is 48.5. The van der Waals surface area contributed by atoms with E-state index in [4.69, 9.17) is 45.1 Å². The molecule has 0 radical (unpaired) electrons. The van der Waals surface area contributed by atoms with E-state index in [9.17, 15) is 14.3 Å². The van der Waals surface area contributed by atoms with Gasteiger partial charge in [0.1, 0.15) is 49.3 Å². The second-order valence-corrected chi connectivity index (χ2v) is 21.3. The molecule has 1 amide bonds. The van der Waals surface area contributed by atoms with Gasteiger partial charge in [0, 0.05) is 17.2 Å². The summed E-state index contributed by atoms with van der Waals surface area (Å²) in [5.41, 5.74) is 6.67. The number of carbonyl (C=O) groups excluding carboxylic acids is 1. The van der Waals surface area contributed by atoms with Crippen LogP contribution in [0.3, 0.4) is 0 Å². The van der Waals surface area contributed by atoms with Crippen LogP contribution in [0.25, 0.3) is 22.3 Å². The van der Waals surface area contributed by atoms with Crippen molar-refractivity contribution in [2.45, 2.75) is 74.9 Å². The lowest BCUT2D eigenvalue weighted by Crippen LogP contribution is -2.35. The molecule has 55 heavy (non-hydrogen) atoms. The third-order valence-electron chi connectivity index (χ3n) is 8.88. The zero-order valence-electron chi connectivity index (χ0n) is 29.8. The van der Waals surface area contributed by atoms with E-state index in [1.165, 1.54) is 28.1 Å². The van der Waals surface area contributed by atoms with Crippen molar-refractivity contribution in [2.75, 3.05) is 44.5 Å². The Bertz CT molecular complexity index is 2150. The Labute approximate surface area is 321 Å². The van der Waals surface area contributed by atoms with Gasteiger partial charge < -0.3 is 34.5 Å². The molecule has 3 fully saturated rings. The van der Waals surface area contributed by atoms with Crippen LogP contribution >= 0.6 is 24.9 Å². The quantitative estimate of drug-likeness (QED) is 0.152. The van der Waals surface area contributed by atoms with E-state index in [0.717, 1.165) is 17.7 Å². The number of nitrogens with two attached hydrogens (primary N) is 1. The SMILES string of the molecule is CNCCOC(=O)Nc1ncnc2c1ncn2[C@@H]1O[C@@H]2CO[P@@](=O)(SC(C)(C)C)O[C@@H]3[C@@H](COP(O)(=S)O[C@H]2[C@H]1F)C[C@@H](n1cnc2c(N)ncnc21)[C@@H]3F. The Kier molecular flexibility index (Phi) is 11.5. The molecular formula is C29H39F2N11O9P2S2. The van der Waals surface area contributed by atoms with Gasteiger partial charge in [0.15, 0.2) is 40.8 Å². The van der Waals surface area contributed by atoms with Crippen LogP contribution < -0.4 is 16.4 Å². The highest BCUT2D eigenvalue weighted by molar-refractivity contribution is 8.55. The second kappa shape index (κ2) is 15.7. The summed E-state index contributed by atoms with van der Waals surface area (Å²) >= 11 is 6.18. The lowest BCUT2D eigenvalue weighted by atomic mass is 10.1. The number of nitrogens with zero attached hydrogens (tertiary/aromatic N) is 8. The molecule has 2 saturated heterocycles. The maximum absolute atomic E-state index is 16.7. The number of hydrogen-bond acceptors (Lipinski definition) is 18. The molecule has 0 bridgehead atoms. The summed E-state index contributed by atoms with van der Waals surface area (Å²) in [5.74, 6) is -0.750. The summed E-state index contributed by atoms with van der Waals surface area (Å²) in [7, 11) is 1.70. The van der Waals surface area contributed by atoms with Gasteiger partial charge in [-0.05, 0) is 36.7 Å². The molecule has 7 rings (SSSR count).